The summed E-state index contributed by atoms with van der Waals surface area (Å²) in [7, 11) is 1.89. The average Bonchev–Trinajstić information content (AvgIpc) is 2.78. The largest absolute Gasteiger partial charge is 0.313 e. The Bertz CT molecular complexity index is 442. The quantitative estimate of drug-likeness (QED) is 0.883. The lowest BCUT2D eigenvalue weighted by Gasteiger charge is -2.15. The Morgan fingerprint density at radius 3 is 3.00 bits per heavy atom. The van der Waals surface area contributed by atoms with E-state index in [0.29, 0.717) is 0 Å². The zero-order chi connectivity index (χ0) is 11.4. The molecule has 0 aliphatic heterocycles. The second kappa shape index (κ2) is 5.18. The molecule has 1 aromatic heterocycles. The smallest absolute Gasteiger partial charge is 0.123 e. The molecule has 0 spiro atoms. The van der Waals surface area contributed by atoms with Crippen LogP contribution in [0.4, 0.5) is 4.39 Å². The number of benzene rings is 1. The van der Waals surface area contributed by atoms with E-state index in [1.54, 1.807) is 23.5 Å². The van der Waals surface area contributed by atoms with Crippen molar-refractivity contribution in [3.8, 4) is 0 Å². The van der Waals surface area contributed by atoms with Crippen LogP contribution >= 0.6 is 11.3 Å². The summed E-state index contributed by atoms with van der Waals surface area (Å²) in [6.07, 6.45) is 2.69. The van der Waals surface area contributed by atoms with Crippen molar-refractivity contribution in [1.29, 1.82) is 0 Å². The predicted molar refractivity (Wildman–Crippen MR) is 64.0 cm³/mol. The highest BCUT2D eigenvalue weighted by Gasteiger charge is 2.11. The number of hydrogen-bond acceptors (Lipinski definition) is 3. The Kier molecular flexibility index (Phi) is 3.64. The minimum atomic E-state index is -0.193. The van der Waals surface area contributed by atoms with E-state index in [4.69, 9.17) is 0 Å². The summed E-state index contributed by atoms with van der Waals surface area (Å²) in [6, 6.07) is 6.84. The van der Waals surface area contributed by atoms with E-state index in [-0.39, 0.29) is 11.9 Å². The van der Waals surface area contributed by atoms with Gasteiger partial charge < -0.3 is 5.32 Å². The molecule has 1 atom stereocenters. The van der Waals surface area contributed by atoms with Crippen molar-refractivity contribution in [2.75, 3.05) is 7.05 Å². The standard InChI is InChI=1S/C12H13FN2S/c1-14-12(6-11-7-15-8-16-11)9-3-2-4-10(13)5-9/h2-5,7-8,12,14H,6H2,1H3. The SMILES string of the molecule is CNC(Cc1cncs1)c1cccc(F)c1. The third kappa shape index (κ3) is 2.65. The first-order valence-corrected chi connectivity index (χ1v) is 5.97. The zero-order valence-electron chi connectivity index (χ0n) is 8.98. The van der Waals surface area contributed by atoms with E-state index >= 15 is 0 Å². The highest BCUT2D eigenvalue weighted by Crippen LogP contribution is 2.20. The second-order valence-corrected chi connectivity index (χ2v) is 4.54. The molecule has 1 aromatic carbocycles. The first kappa shape index (κ1) is 11.2. The highest BCUT2D eigenvalue weighted by molar-refractivity contribution is 7.09. The van der Waals surface area contributed by atoms with Crippen molar-refractivity contribution < 1.29 is 4.39 Å². The molecular formula is C12H13FN2S. The fraction of sp³-hybridized carbons (Fsp3) is 0.250. The maximum atomic E-state index is 13.1. The molecule has 2 nitrogen and oxygen atoms in total. The fourth-order valence-electron chi connectivity index (χ4n) is 1.65. The Morgan fingerprint density at radius 1 is 1.50 bits per heavy atom. The molecule has 0 aliphatic rings. The Balaban J connectivity index is 2.16. The Morgan fingerprint density at radius 2 is 2.38 bits per heavy atom. The molecular weight excluding hydrogens is 223 g/mol. The van der Waals surface area contributed by atoms with Crippen LogP contribution in [-0.4, -0.2) is 12.0 Å². The molecule has 16 heavy (non-hydrogen) atoms. The first-order valence-electron chi connectivity index (χ1n) is 5.09. The molecule has 0 fully saturated rings. The summed E-state index contributed by atoms with van der Waals surface area (Å²) >= 11 is 1.62. The average molecular weight is 236 g/mol. The molecule has 0 aliphatic carbocycles. The van der Waals surface area contributed by atoms with Crippen molar-refractivity contribution >= 4 is 11.3 Å². The lowest BCUT2D eigenvalue weighted by Crippen LogP contribution is -2.18. The molecule has 2 aromatic rings. The van der Waals surface area contributed by atoms with Crippen molar-refractivity contribution in [1.82, 2.24) is 10.3 Å². The van der Waals surface area contributed by atoms with Crippen molar-refractivity contribution in [3.63, 3.8) is 0 Å². The molecule has 0 saturated heterocycles. The number of halogens is 1. The summed E-state index contributed by atoms with van der Waals surface area (Å²) in [6.45, 7) is 0. The number of nitrogens with zero attached hydrogens (tertiary/aromatic N) is 1. The molecule has 0 bridgehead atoms. The molecule has 1 unspecified atom stereocenters. The van der Waals surface area contributed by atoms with Crippen LogP contribution in [0.25, 0.3) is 0 Å². The van der Waals surface area contributed by atoms with Gasteiger partial charge >= 0.3 is 0 Å². The van der Waals surface area contributed by atoms with Crippen LogP contribution in [0.15, 0.2) is 36.0 Å². The molecule has 2 rings (SSSR count). The number of hydrogen-bond donors (Lipinski definition) is 1. The third-order valence-electron chi connectivity index (χ3n) is 2.49. The topological polar surface area (TPSA) is 24.9 Å². The first-order chi connectivity index (χ1) is 7.79. The van der Waals surface area contributed by atoms with Crippen molar-refractivity contribution in [2.45, 2.75) is 12.5 Å². The van der Waals surface area contributed by atoms with E-state index in [0.717, 1.165) is 12.0 Å². The summed E-state index contributed by atoms with van der Waals surface area (Å²) in [4.78, 5) is 5.24. The molecule has 84 valence electrons. The van der Waals surface area contributed by atoms with Gasteiger partial charge in [0.2, 0.25) is 0 Å². The number of likely N-dealkylation sites (N-methyl/N-ethyl adjacent to an activating group) is 1. The fourth-order valence-corrected chi connectivity index (χ4v) is 2.30. The van der Waals surface area contributed by atoms with Gasteiger partial charge in [0.05, 0.1) is 5.51 Å². The van der Waals surface area contributed by atoms with Gasteiger partial charge in [0.15, 0.2) is 0 Å². The molecule has 4 heteroatoms. The minimum absolute atomic E-state index is 0.135. The number of rotatable bonds is 4. The highest BCUT2D eigenvalue weighted by atomic mass is 32.1. The Labute approximate surface area is 98.2 Å². The van der Waals surface area contributed by atoms with E-state index in [1.165, 1.54) is 10.9 Å². The van der Waals surface area contributed by atoms with E-state index in [2.05, 4.69) is 10.3 Å². The van der Waals surface area contributed by atoms with E-state index in [1.807, 2.05) is 24.8 Å². The van der Waals surface area contributed by atoms with Gasteiger partial charge in [0, 0.05) is 23.5 Å². The molecule has 1 N–H and O–H groups in total. The van der Waals surface area contributed by atoms with Crippen LogP contribution in [0.5, 0.6) is 0 Å². The van der Waals surface area contributed by atoms with Gasteiger partial charge in [-0.2, -0.15) is 0 Å². The lowest BCUT2D eigenvalue weighted by molar-refractivity contribution is 0.580. The van der Waals surface area contributed by atoms with Crippen LogP contribution in [0, 0.1) is 5.82 Å². The van der Waals surface area contributed by atoms with Crippen LogP contribution in [-0.2, 0) is 6.42 Å². The summed E-state index contributed by atoms with van der Waals surface area (Å²) in [5.41, 5.74) is 2.78. The third-order valence-corrected chi connectivity index (χ3v) is 3.29. The van der Waals surface area contributed by atoms with Gasteiger partial charge in [-0.15, -0.1) is 11.3 Å². The summed E-state index contributed by atoms with van der Waals surface area (Å²) < 4.78 is 13.1. The molecule has 1 heterocycles. The monoisotopic (exact) mass is 236 g/mol. The van der Waals surface area contributed by atoms with Gasteiger partial charge in [-0.05, 0) is 24.7 Å². The lowest BCUT2D eigenvalue weighted by atomic mass is 10.0. The molecule has 0 radical (unpaired) electrons. The number of aromatic nitrogens is 1. The Hall–Kier alpha value is -1.26. The van der Waals surface area contributed by atoms with E-state index < -0.39 is 0 Å². The molecule has 0 amide bonds. The number of nitrogens with one attached hydrogen (secondary N) is 1. The zero-order valence-corrected chi connectivity index (χ0v) is 9.80. The van der Waals surface area contributed by atoms with Gasteiger partial charge in [0.1, 0.15) is 5.82 Å². The van der Waals surface area contributed by atoms with Crippen LogP contribution in [0.2, 0.25) is 0 Å². The van der Waals surface area contributed by atoms with E-state index in [9.17, 15) is 4.39 Å². The minimum Gasteiger partial charge on any atom is -0.313 e. The van der Waals surface area contributed by atoms with Crippen molar-refractivity contribution in [3.05, 3.63) is 52.2 Å². The normalized spacial score (nSPS) is 12.6. The number of thiazole rings is 1. The van der Waals surface area contributed by atoms with Crippen LogP contribution < -0.4 is 5.32 Å². The summed E-state index contributed by atoms with van der Waals surface area (Å²) in [5.74, 6) is -0.193. The predicted octanol–water partition coefficient (Wildman–Crippen LogP) is 2.79. The molecule has 0 saturated carbocycles. The van der Waals surface area contributed by atoms with Crippen molar-refractivity contribution in [2.24, 2.45) is 0 Å². The maximum Gasteiger partial charge on any atom is 0.123 e. The second-order valence-electron chi connectivity index (χ2n) is 3.57. The van der Waals surface area contributed by atoms with Crippen LogP contribution in [0.1, 0.15) is 16.5 Å². The maximum absolute atomic E-state index is 13.1. The van der Waals surface area contributed by atoms with Gasteiger partial charge in [0.25, 0.3) is 0 Å². The van der Waals surface area contributed by atoms with Crippen LogP contribution in [0.3, 0.4) is 0 Å². The van der Waals surface area contributed by atoms with Gasteiger partial charge in [-0.1, -0.05) is 12.1 Å². The van der Waals surface area contributed by atoms with Gasteiger partial charge in [-0.3, -0.25) is 4.98 Å². The summed E-state index contributed by atoms with van der Waals surface area (Å²) in [5, 5.41) is 3.20. The van der Waals surface area contributed by atoms with Gasteiger partial charge in [-0.25, -0.2) is 4.39 Å².